The van der Waals surface area contributed by atoms with Crippen molar-refractivity contribution in [3.63, 3.8) is 0 Å². The number of allylic oxidation sites excluding steroid dienone is 3. The Morgan fingerprint density at radius 1 is 1.17 bits per heavy atom. The van der Waals surface area contributed by atoms with Crippen LogP contribution in [0.4, 0.5) is 0 Å². The van der Waals surface area contributed by atoms with Crippen molar-refractivity contribution in [1.82, 2.24) is 0 Å². The highest BCUT2D eigenvalue weighted by molar-refractivity contribution is 7.99. The van der Waals surface area contributed by atoms with Crippen molar-refractivity contribution in [3.05, 3.63) is 59.7 Å². The van der Waals surface area contributed by atoms with E-state index in [1.165, 1.54) is 29.9 Å². The number of thiol groups is 1. The molecule has 1 saturated heterocycles. The molecule has 1 aliphatic heterocycles. The molecule has 1 heterocycles. The molecule has 0 N–H and O–H groups in total. The van der Waals surface area contributed by atoms with Crippen molar-refractivity contribution in [3.8, 4) is 0 Å². The third-order valence-electron chi connectivity index (χ3n) is 4.95. The highest BCUT2D eigenvalue weighted by atomic mass is 32.2. The van der Waals surface area contributed by atoms with Gasteiger partial charge in [-0.2, -0.15) is 12.6 Å². The standard InChI is InChI=1S/C20H24OS2/c1-20(2,23-12-6-7-13-23)19(21)16-10-11-18(22)17(14-16)15-8-4-3-5-9-15/h3-5,8-11,14,17-18H,6-7,12-13H2,1-2H3/p+1. The van der Waals surface area contributed by atoms with E-state index in [0.29, 0.717) is 5.78 Å². The summed E-state index contributed by atoms with van der Waals surface area (Å²) in [6, 6.07) is 10.4. The molecule has 1 fully saturated rings. The molecule has 3 rings (SSSR count). The number of Topliss-reactive ketones (excluding diaryl/α,β-unsaturated/α-hetero) is 1. The van der Waals surface area contributed by atoms with Gasteiger partial charge in [0.15, 0.2) is 4.75 Å². The molecule has 0 aromatic heterocycles. The Bertz CT molecular complexity index is 624. The minimum Gasteiger partial charge on any atom is -0.288 e. The highest BCUT2D eigenvalue weighted by Crippen LogP contribution is 2.35. The average Bonchev–Trinajstić information content (AvgIpc) is 3.11. The van der Waals surface area contributed by atoms with Gasteiger partial charge in [-0.25, -0.2) is 0 Å². The van der Waals surface area contributed by atoms with Crippen molar-refractivity contribution in [1.29, 1.82) is 0 Å². The summed E-state index contributed by atoms with van der Waals surface area (Å²) in [5.74, 6) is 2.91. The van der Waals surface area contributed by atoms with Crippen molar-refractivity contribution in [2.24, 2.45) is 0 Å². The fraction of sp³-hybridized carbons (Fsp3) is 0.450. The topological polar surface area (TPSA) is 17.1 Å². The second-order valence-electron chi connectivity index (χ2n) is 6.86. The summed E-state index contributed by atoms with van der Waals surface area (Å²) in [7, 11) is 0.223. The van der Waals surface area contributed by atoms with Crippen molar-refractivity contribution in [2.45, 2.75) is 42.6 Å². The first-order valence-electron chi connectivity index (χ1n) is 8.35. The molecule has 122 valence electrons. The summed E-state index contributed by atoms with van der Waals surface area (Å²) in [5.41, 5.74) is 2.09. The smallest absolute Gasteiger partial charge is 0.217 e. The van der Waals surface area contributed by atoms with Gasteiger partial charge in [-0.15, -0.1) is 0 Å². The molecule has 2 unspecified atom stereocenters. The van der Waals surface area contributed by atoms with Gasteiger partial charge in [0.05, 0.1) is 0 Å². The summed E-state index contributed by atoms with van der Waals surface area (Å²) in [6.45, 7) is 4.28. The molecule has 0 amide bonds. The molecule has 0 radical (unpaired) electrons. The summed E-state index contributed by atoms with van der Waals surface area (Å²) in [6.07, 6.45) is 8.75. The van der Waals surface area contributed by atoms with E-state index >= 15 is 0 Å². The van der Waals surface area contributed by atoms with Crippen LogP contribution in [0, 0.1) is 0 Å². The van der Waals surface area contributed by atoms with Crippen LogP contribution in [0.1, 0.15) is 38.2 Å². The maximum absolute atomic E-state index is 13.2. The Morgan fingerprint density at radius 3 is 2.48 bits per heavy atom. The van der Waals surface area contributed by atoms with E-state index in [0.717, 1.165) is 5.57 Å². The quantitative estimate of drug-likeness (QED) is 0.635. The van der Waals surface area contributed by atoms with Gasteiger partial charge in [0.2, 0.25) is 5.78 Å². The Kier molecular flexibility index (Phi) is 5.07. The fourth-order valence-electron chi connectivity index (χ4n) is 3.43. The summed E-state index contributed by atoms with van der Waals surface area (Å²) >= 11 is 4.70. The molecule has 1 aliphatic carbocycles. The molecule has 2 aliphatic rings. The zero-order valence-corrected chi connectivity index (χ0v) is 15.6. The number of benzene rings is 1. The lowest BCUT2D eigenvalue weighted by molar-refractivity contribution is -0.116. The normalized spacial score (nSPS) is 25.4. The van der Waals surface area contributed by atoms with E-state index in [-0.39, 0.29) is 26.8 Å². The first-order chi connectivity index (χ1) is 11.0. The van der Waals surface area contributed by atoms with E-state index in [1.807, 2.05) is 24.3 Å². The van der Waals surface area contributed by atoms with Crippen LogP contribution in [0.3, 0.4) is 0 Å². The van der Waals surface area contributed by atoms with Crippen LogP contribution in [0.15, 0.2) is 54.1 Å². The maximum Gasteiger partial charge on any atom is 0.217 e. The van der Waals surface area contributed by atoms with Crippen LogP contribution in [0.25, 0.3) is 0 Å². The van der Waals surface area contributed by atoms with E-state index < -0.39 is 0 Å². The van der Waals surface area contributed by atoms with Gasteiger partial charge < -0.3 is 0 Å². The number of ketones is 1. The highest BCUT2D eigenvalue weighted by Gasteiger charge is 2.47. The minimum atomic E-state index is -0.239. The molecular formula is C20H25OS2+. The van der Waals surface area contributed by atoms with Crippen LogP contribution >= 0.6 is 12.6 Å². The Labute approximate surface area is 148 Å². The molecule has 3 heteroatoms. The largest absolute Gasteiger partial charge is 0.288 e. The van der Waals surface area contributed by atoms with Crippen molar-refractivity contribution in [2.75, 3.05) is 11.5 Å². The van der Waals surface area contributed by atoms with Gasteiger partial charge in [-0.05, 0) is 32.3 Å². The van der Waals surface area contributed by atoms with Gasteiger partial charge in [-0.1, -0.05) is 48.6 Å². The van der Waals surface area contributed by atoms with Gasteiger partial charge in [-0.3, -0.25) is 4.79 Å². The van der Waals surface area contributed by atoms with Crippen LogP contribution in [-0.4, -0.2) is 27.3 Å². The molecule has 1 aromatic carbocycles. The van der Waals surface area contributed by atoms with E-state index in [2.05, 4.69) is 38.1 Å². The Balaban J connectivity index is 1.86. The average molecular weight is 346 g/mol. The molecule has 0 saturated carbocycles. The number of hydrogen-bond donors (Lipinski definition) is 1. The third-order valence-corrected chi connectivity index (χ3v) is 8.63. The lowest BCUT2D eigenvalue weighted by atomic mass is 9.86. The number of carbonyl (C=O) groups excluding carboxylic acids is 1. The molecule has 1 aromatic rings. The summed E-state index contributed by atoms with van der Waals surface area (Å²) in [5, 5.41) is 0.131. The van der Waals surface area contributed by atoms with Crippen LogP contribution in [0.5, 0.6) is 0 Å². The lowest BCUT2D eigenvalue weighted by Gasteiger charge is -2.26. The Morgan fingerprint density at radius 2 is 1.83 bits per heavy atom. The van der Waals surface area contributed by atoms with Crippen molar-refractivity contribution < 1.29 is 4.79 Å². The maximum atomic E-state index is 13.2. The molecule has 23 heavy (non-hydrogen) atoms. The van der Waals surface area contributed by atoms with Crippen LogP contribution < -0.4 is 0 Å². The predicted octanol–water partition coefficient (Wildman–Crippen LogP) is 4.32. The number of carbonyl (C=O) groups is 1. The van der Waals surface area contributed by atoms with Gasteiger partial charge in [0, 0.05) is 27.6 Å². The number of rotatable bonds is 4. The lowest BCUT2D eigenvalue weighted by Crippen LogP contribution is -2.42. The number of hydrogen-bond acceptors (Lipinski definition) is 2. The van der Waals surface area contributed by atoms with Crippen molar-refractivity contribution >= 4 is 29.3 Å². The first kappa shape index (κ1) is 16.9. The minimum absolute atomic E-state index is 0.131. The molecule has 0 bridgehead atoms. The Hall–Kier alpha value is -0.930. The second-order valence-corrected chi connectivity index (χ2v) is 10.3. The van der Waals surface area contributed by atoms with Crippen LogP contribution in [0.2, 0.25) is 0 Å². The predicted molar refractivity (Wildman–Crippen MR) is 105 cm³/mol. The third kappa shape index (κ3) is 3.46. The van der Waals surface area contributed by atoms with E-state index in [4.69, 9.17) is 12.6 Å². The second kappa shape index (κ2) is 6.90. The molecule has 0 spiro atoms. The van der Waals surface area contributed by atoms with Crippen LogP contribution in [-0.2, 0) is 15.7 Å². The van der Waals surface area contributed by atoms with Gasteiger partial charge >= 0.3 is 0 Å². The van der Waals surface area contributed by atoms with E-state index in [1.54, 1.807) is 0 Å². The molecular weight excluding hydrogens is 320 g/mol. The van der Waals surface area contributed by atoms with Gasteiger partial charge in [0.1, 0.15) is 11.5 Å². The monoisotopic (exact) mass is 345 g/mol. The SMILES string of the molecule is CC(C)(C(=O)C1=CC(c2ccccc2)C(S)C=C1)[S+]1CCCC1. The zero-order chi connectivity index (χ0) is 16.4. The zero-order valence-electron chi connectivity index (χ0n) is 13.9. The first-order valence-corrected chi connectivity index (χ1v) is 10.4. The molecule has 2 atom stereocenters. The van der Waals surface area contributed by atoms with Gasteiger partial charge in [0.25, 0.3) is 0 Å². The summed E-state index contributed by atoms with van der Waals surface area (Å²) in [4.78, 5) is 13.2. The molecule has 1 nitrogen and oxygen atoms in total. The fourth-order valence-corrected chi connectivity index (χ4v) is 6.49. The summed E-state index contributed by atoms with van der Waals surface area (Å²) < 4.78 is -0.239. The van der Waals surface area contributed by atoms with E-state index in [9.17, 15) is 4.79 Å².